The standard InChI is InChI=1S/C11H9ClFN3O/c12-7-5-6(13)1-3-9(7)17-10-4-2-8(14)11(15)16-10/h1-5H,14H2,(H2,15,16). The van der Waals surface area contributed by atoms with Crippen molar-refractivity contribution in [2.45, 2.75) is 0 Å². The Kier molecular flexibility index (Phi) is 3.01. The van der Waals surface area contributed by atoms with Crippen LogP contribution in [-0.4, -0.2) is 4.98 Å². The van der Waals surface area contributed by atoms with E-state index in [1.807, 2.05) is 0 Å². The van der Waals surface area contributed by atoms with Gasteiger partial charge >= 0.3 is 0 Å². The summed E-state index contributed by atoms with van der Waals surface area (Å²) in [5.41, 5.74) is 11.4. The van der Waals surface area contributed by atoms with Crippen molar-refractivity contribution in [3.63, 3.8) is 0 Å². The Balaban J connectivity index is 2.28. The molecule has 0 aliphatic heterocycles. The molecule has 2 aromatic rings. The van der Waals surface area contributed by atoms with Crippen LogP contribution in [0.4, 0.5) is 15.9 Å². The first-order valence-electron chi connectivity index (χ1n) is 4.71. The lowest BCUT2D eigenvalue weighted by atomic mass is 10.3. The zero-order valence-electron chi connectivity index (χ0n) is 8.65. The van der Waals surface area contributed by atoms with Crippen molar-refractivity contribution in [2.24, 2.45) is 0 Å². The lowest BCUT2D eigenvalue weighted by Gasteiger charge is -2.07. The van der Waals surface area contributed by atoms with E-state index in [-0.39, 0.29) is 16.7 Å². The summed E-state index contributed by atoms with van der Waals surface area (Å²) < 4.78 is 18.2. The molecule has 4 nitrogen and oxygen atoms in total. The highest BCUT2D eigenvalue weighted by Gasteiger charge is 2.06. The maximum absolute atomic E-state index is 12.8. The second kappa shape index (κ2) is 4.47. The molecule has 0 aliphatic carbocycles. The van der Waals surface area contributed by atoms with Crippen LogP contribution in [0.15, 0.2) is 30.3 Å². The van der Waals surface area contributed by atoms with Crippen LogP contribution in [0.25, 0.3) is 0 Å². The van der Waals surface area contributed by atoms with E-state index >= 15 is 0 Å². The molecule has 2 rings (SSSR count). The van der Waals surface area contributed by atoms with E-state index in [4.69, 9.17) is 27.8 Å². The molecule has 0 aliphatic rings. The summed E-state index contributed by atoms with van der Waals surface area (Å²) in [5, 5.41) is 0.155. The minimum absolute atomic E-state index is 0.155. The number of pyridine rings is 1. The van der Waals surface area contributed by atoms with Gasteiger partial charge < -0.3 is 16.2 Å². The third-order valence-corrected chi connectivity index (χ3v) is 2.34. The van der Waals surface area contributed by atoms with Crippen LogP contribution >= 0.6 is 11.6 Å². The summed E-state index contributed by atoms with van der Waals surface area (Å²) in [6, 6.07) is 6.91. The number of nitrogen functional groups attached to an aromatic ring is 2. The third-order valence-electron chi connectivity index (χ3n) is 2.04. The maximum atomic E-state index is 12.8. The Morgan fingerprint density at radius 1 is 1.18 bits per heavy atom. The minimum Gasteiger partial charge on any atom is -0.437 e. The predicted molar refractivity (Wildman–Crippen MR) is 64.5 cm³/mol. The minimum atomic E-state index is -0.438. The van der Waals surface area contributed by atoms with Gasteiger partial charge in [0.2, 0.25) is 5.88 Å². The number of ether oxygens (including phenoxy) is 1. The molecule has 0 unspecified atom stereocenters. The summed E-state index contributed by atoms with van der Waals surface area (Å²) in [7, 11) is 0. The summed E-state index contributed by atoms with van der Waals surface area (Å²) in [6.45, 7) is 0. The zero-order valence-corrected chi connectivity index (χ0v) is 9.41. The Morgan fingerprint density at radius 2 is 1.94 bits per heavy atom. The molecule has 0 saturated heterocycles. The molecule has 0 radical (unpaired) electrons. The molecule has 88 valence electrons. The molecule has 0 spiro atoms. The fourth-order valence-electron chi connectivity index (χ4n) is 1.19. The molecule has 4 N–H and O–H groups in total. The Bertz CT molecular complexity index is 562. The van der Waals surface area contributed by atoms with E-state index in [1.54, 1.807) is 12.1 Å². The second-order valence-electron chi connectivity index (χ2n) is 3.30. The molecule has 0 saturated carbocycles. The number of benzene rings is 1. The molecule has 0 atom stereocenters. The van der Waals surface area contributed by atoms with Crippen LogP contribution in [0.1, 0.15) is 0 Å². The highest BCUT2D eigenvalue weighted by atomic mass is 35.5. The van der Waals surface area contributed by atoms with E-state index < -0.39 is 5.82 Å². The second-order valence-corrected chi connectivity index (χ2v) is 3.71. The van der Waals surface area contributed by atoms with Crippen LogP contribution < -0.4 is 16.2 Å². The average Bonchev–Trinajstić information content (AvgIpc) is 2.27. The SMILES string of the molecule is Nc1ccc(Oc2ccc(F)cc2Cl)nc1N. The fourth-order valence-corrected chi connectivity index (χ4v) is 1.40. The summed E-state index contributed by atoms with van der Waals surface area (Å²) in [6.07, 6.45) is 0. The first kappa shape index (κ1) is 11.5. The van der Waals surface area contributed by atoms with Gasteiger partial charge in [-0.2, -0.15) is 4.98 Å². The summed E-state index contributed by atoms with van der Waals surface area (Å²) in [4.78, 5) is 3.91. The van der Waals surface area contributed by atoms with Gasteiger partial charge in [-0.15, -0.1) is 0 Å². The molecule has 0 bridgehead atoms. The lowest BCUT2D eigenvalue weighted by Crippen LogP contribution is -1.99. The van der Waals surface area contributed by atoms with Gasteiger partial charge in [-0.1, -0.05) is 11.6 Å². The number of halogens is 2. The van der Waals surface area contributed by atoms with Crippen LogP contribution in [-0.2, 0) is 0 Å². The molecule has 0 amide bonds. The normalized spacial score (nSPS) is 10.2. The Hall–Kier alpha value is -2.01. The largest absolute Gasteiger partial charge is 0.437 e. The van der Waals surface area contributed by atoms with Crippen LogP contribution in [0, 0.1) is 5.82 Å². The van der Waals surface area contributed by atoms with Crippen molar-refractivity contribution in [1.82, 2.24) is 4.98 Å². The maximum Gasteiger partial charge on any atom is 0.221 e. The van der Waals surface area contributed by atoms with E-state index in [0.29, 0.717) is 11.4 Å². The van der Waals surface area contributed by atoms with Crippen molar-refractivity contribution in [3.8, 4) is 11.6 Å². The molecule has 17 heavy (non-hydrogen) atoms. The number of nitrogens with two attached hydrogens (primary N) is 2. The molecular weight excluding hydrogens is 245 g/mol. The highest BCUT2D eigenvalue weighted by Crippen LogP contribution is 2.29. The topological polar surface area (TPSA) is 74.2 Å². The molecule has 0 fully saturated rings. The summed E-state index contributed by atoms with van der Waals surface area (Å²) in [5.74, 6) is 0.266. The number of hydrogen-bond acceptors (Lipinski definition) is 4. The van der Waals surface area contributed by atoms with Crippen molar-refractivity contribution >= 4 is 23.1 Å². The van der Waals surface area contributed by atoms with Crippen LogP contribution in [0.2, 0.25) is 5.02 Å². The number of anilines is 2. The smallest absolute Gasteiger partial charge is 0.221 e. The van der Waals surface area contributed by atoms with Gasteiger partial charge in [0, 0.05) is 6.07 Å². The number of nitrogens with zero attached hydrogens (tertiary/aromatic N) is 1. The monoisotopic (exact) mass is 253 g/mol. The molecular formula is C11H9ClFN3O. The van der Waals surface area contributed by atoms with Crippen molar-refractivity contribution < 1.29 is 9.13 Å². The van der Waals surface area contributed by atoms with Crippen molar-refractivity contribution in [1.29, 1.82) is 0 Å². The molecule has 1 heterocycles. The van der Waals surface area contributed by atoms with Crippen molar-refractivity contribution in [3.05, 3.63) is 41.2 Å². The molecule has 1 aromatic carbocycles. The van der Waals surface area contributed by atoms with Gasteiger partial charge in [0.15, 0.2) is 5.82 Å². The lowest BCUT2D eigenvalue weighted by molar-refractivity contribution is 0.462. The van der Waals surface area contributed by atoms with E-state index in [2.05, 4.69) is 4.98 Å². The summed E-state index contributed by atoms with van der Waals surface area (Å²) >= 11 is 5.80. The van der Waals surface area contributed by atoms with Gasteiger partial charge in [-0.3, -0.25) is 0 Å². The Labute approximate surface area is 102 Å². The fraction of sp³-hybridized carbons (Fsp3) is 0. The zero-order chi connectivity index (χ0) is 12.4. The third kappa shape index (κ3) is 2.57. The molecule has 1 aromatic heterocycles. The Morgan fingerprint density at radius 3 is 2.59 bits per heavy atom. The average molecular weight is 254 g/mol. The number of rotatable bonds is 2. The van der Waals surface area contributed by atoms with Crippen LogP contribution in [0.5, 0.6) is 11.6 Å². The van der Waals surface area contributed by atoms with Crippen LogP contribution in [0.3, 0.4) is 0 Å². The van der Waals surface area contributed by atoms with E-state index in [0.717, 1.165) is 6.07 Å². The molecule has 6 heteroatoms. The van der Waals surface area contributed by atoms with Gasteiger partial charge in [-0.05, 0) is 24.3 Å². The highest BCUT2D eigenvalue weighted by molar-refractivity contribution is 6.32. The van der Waals surface area contributed by atoms with E-state index in [1.165, 1.54) is 12.1 Å². The van der Waals surface area contributed by atoms with Gasteiger partial charge in [0.1, 0.15) is 11.6 Å². The van der Waals surface area contributed by atoms with Crippen molar-refractivity contribution in [2.75, 3.05) is 11.5 Å². The van der Waals surface area contributed by atoms with Gasteiger partial charge in [0.25, 0.3) is 0 Å². The van der Waals surface area contributed by atoms with Gasteiger partial charge in [-0.25, -0.2) is 4.39 Å². The number of aromatic nitrogens is 1. The van der Waals surface area contributed by atoms with Gasteiger partial charge in [0.05, 0.1) is 10.7 Å². The predicted octanol–water partition coefficient (Wildman–Crippen LogP) is 2.83. The first-order chi connectivity index (χ1) is 8.06. The number of hydrogen-bond donors (Lipinski definition) is 2. The van der Waals surface area contributed by atoms with E-state index in [9.17, 15) is 4.39 Å². The quantitative estimate of drug-likeness (QED) is 0.863. The first-order valence-corrected chi connectivity index (χ1v) is 5.09.